The van der Waals surface area contributed by atoms with Crippen molar-refractivity contribution in [2.45, 2.75) is 13.2 Å². The largest absolute Gasteiger partial charge is 0.502 e. The summed E-state index contributed by atoms with van der Waals surface area (Å²) in [5, 5.41) is 17.7. The standard InChI is InChI=1S/C19H18FNO5/c1-21(18(23)10-17(22)19(24)25)11-14-3-2-4-16(9-14)26-12-13-5-7-15(20)8-6-13/h2-10,22H,11-12H2,1H3,(H,24,25)/b17-10-. The average Bonchev–Trinajstić information content (AvgIpc) is 2.61. The first-order chi connectivity index (χ1) is 12.3. The number of benzene rings is 2. The van der Waals surface area contributed by atoms with Gasteiger partial charge in [-0.1, -0.05) is 24.3 Å². The summed E-state index contributed by atoms with van der Waals surface area (Å²) in [6.45, 7) is 0.476. The number of aliphatic carboxylic acids is 1. The smallest absolute Gasteiger partial charge is 0.371 e. The van der Waals surface area contributed by atoms with Gasteiger partial charge in [0.25, 0.3) is 5.91 Å². The van der Waals surface area contributed by atoms with Crippen LogP contribution in [-0.4, -0.2) is 34.0 Å². The second kappa shape index (κ2) is 8.66. The van der Waals surface area contributed by atoms with E-state index < -0.39 is 17.6 Å². The Kier molecular flexibility index (Phi) is 6.32. The zero-order chi connectivity index (χ0) is 19.1. The van der Waals surface area contributed by atoms with Gasteiger partial charge in [-0.05, 0) is 35.4 Å². The molecule has 0 aromatic heterocycles. The first-order valence-corrected chi connectivity index (χ1v) is 7.70. The van der Waals surface area contributed by atoms with Gasteiger partial charge in [0.05, 0.1) is 6.08 Å². The number of carbonyl (C=O) groups is 2. The summed E-state index contributed by atoms with van der Waals surface area (Å²) < 4.78 is 18.5. The molecular formula is C19H18FNO5. The van der Waals surface area contributed by atoms with Crippen LogP contribution in [0.1, 0.15) is 11.1 Å². The Hall–Kier alpha value is -3.35. The molecule has 0 fully saturated rings. The molecule has 6 nitrogen and oxygen atoms in total. The summed E-state index contributed by atoms with van der Waals surface area (Å²) in [4.78, 5) is 23.7. The third-order valence-electron chi connectivity index (χ3n) is 3.49. The van der Waals surface area contributed by atoms with Gasteiger partial charge in [0.1, 0.15) is 18.2 Å². The van der Waals surface area contributed by atoms with Crippen molar-refractivity contribution < 1.29 is 28.9 Å². The summed E-state index contributed by atoms with van der Waals surface area (Å²) >= 11 is 0. The highest BCUT2D eigenvalue weighted by atomic mass is 19.1. The lowest BCUT2D eigenvalue weighted by atomic mass is 10.2. The van der Waals surface area contributed by atoms with E-state index in [0.717, 1.165) is 11.1 Å². The SMILES string of the molecule is CN(Cc1cccc(OCc2ccc(F)cc2)c1)C(=O)/C=C(\O)C(=O)O. The van der Waals surface area contributed by atoms with Crippen LogP contribution in [0.15, 0.2) is 60.4 Å². The monoisotopic (exact) mass is 359 g/mol. The van der Waals surface area contributed by atoms with Gasteiger partial charge in [0, 0.05) is 13.6 Å². The fourth-order valence-electron chi connectivity index (χ4n) is 2.12. The maximum absolute atomic E-state index is 12.9. The van der Waals surface area contributed by atoms with Crippen LogP contribution in [0.25, 0.3) is 0 Å². The molecule has 0 saturated carbocycles. The molecule has 0 saturated heterocycles. The molecule has 0 heterocycles. The average molecular weight is 359 g/mol. The van der Waals surface area contributed by atoms with Crippen molar-refractivity contribution in [2.75, 3.05) is 7.05 Å². The van der Waals surface area contributed by atoms with Crippen molar-refractivity contribution in [3.05, 3.63) is 77.3 Å². The number of carboxylic acid groups (broad SMARTS) is 1. The fourth-order valence-corrected chi connectivity index (χ4v) is 2.12. The summed E-state index contributed by atoms with van der Waals surface area (Å²) in [6, 6.07) is 13.0. The van der Waals surface area contributed by atoms with Crippen LogP contribution in [0.4, 0.5) is 4.39 Å². The van der Waals surface area contributed by atoms with Crippen molar-refractivity contribution >= 4 is 11.9 Å². The number of hydrogen-bond acceptors (Lipinski definition) is 4. The summed E-state index contributed by atoms with van der Waals surface area (Å²) in [5.41, 5.74) is 1.58. The van der Waals surface area contributed by atoms with E-state index in [-0.39, 0.29) is 19.0 Å². The lowest BCUT2D eigenvalue weighted by Gasteiger charge is -2.16. The van der Waals surface area contributed by atoms with Crippen molar-refractivity contribution in [1.82, 2.24) is 4.90 Å². The van der Waals surface area contributed by atoms with E-state index in [2.05, 4.69) is 0 Å². The van der Waals surface area contributed by atoms with Gasteiger partial charge in [-0.25, -0.2) is 9.18 Å². The second-order valence-electron chi connectivity index (χ2n) is 5.59. The van der Waals surface area contributed by atoms with Crippen molar-refractivity contribution in [1.29, 1.82) is 0 Å². The summed E-state index contributed by atoms with van der Waals surface area (Å²) in [7, 11) is 1.49. The number of aliphatic hydroxyl groups is 1. The Bertz CT molecular complexity index is 817. The number of halogens is 1. The highest BCUT2D eigenvalue weighted by molar-refractivity contribution is 5.95. The molecule has 0 spiro atoms. The first-order valence-electron chi connectivity index (χ1n) is 7.70. The van der Waals surface area contributed by atoms with E-state index in [4.69, 9.17) is 14.9 Å². The number of amides is 1. The van der Waals surface area contributed by atoms with Crippen LogP contribution in [0.5, 0.6) is 5.75 Å². The molecule has 2 aromatic carbocycles. The molecule has 136 valence electrons. The molecule has 2 N–H and O–H groups in total. The molecule has 0 unspecified atom stereocenters. The lowest BCUT2D eigenvalue weighted by Crippen LogP contribution is -2.25. The van der Waals surface area contributed by atoms with E-state index in [9.17, 15) is 14.0 Å². The third-order valence-corrected chi connectivity index (χ3v) is 3.49. The van der Waals surface area contributed by atoms with E-state index in [0.29, 0.717) is 11.8 Å². The zero-order valence-corrected chi connectivity index (χ0v) is 14.1. The van der Waals surface area contributed by atoms with Crippen molar-refractivity contribution in [3.8, 4) is 5.75 Å². The molecule has 0 aliphatic carbocycles. The Morgan fingerprint density at radius 2 is 1.81 bits per heavy atom. The second-order valence-corrected chi connectivity index (χ2v) is 5.59. The Balaban J connectivity index is 1.97. The number of carbonyl (C=O) groups excluding carboxylic acids is 1. The molecule has 7 heteroatoms. The summed E-state index contributed by atoms with van der Waals surface area (Å²) in [6.07, 6.45) is 0.650. The van der Waals surface area contributed by atoms with Crippen molar-refractivity contribution in [3.63, 3.8) is 0 Å². The number of nitrogens with zero attached hydrogens (tertiary/aromatic N) is 1. The predicted molar refractivity (Wildman–Crippen MR) is 92.0 cm³/mol. The Labute approximate surface area is 149 Å². The fraction of sp³-hybridized carbons (Fsp3) is 0.158. The molecule has 2 rings (SSSR count). The van der Waals surface area contributed by atoms with E-state index in [1.807, 2.05) is 0 Å². The molecule has 26 heavy (non-hydrogen) atoms. The maximum Gasteiger partial charge on any atom is 0.371 e. The maximum atomic E-state index is 12.9. The van der Waals surface area contributed by atoms with Crippen LogP contribution in [-0.2, 0) is 22.7 Å². The molecule has 0 aliphatic heterocycles. The first kappa shape index (κ1) is 19.0. The molecule has 0 radical (unpaired) electrons. The minimum atomic E-state index is -1.57. The van der Waals surface area contributed by atoms with E-state index >= 15 is 0 Å². The minimum absolute atomic E-state index is 0.204. The van der Waals surface area contributed by atoms with Crippen LogP contribution < -0.4 is 4.74 Å². The molecule has 2 aromatic rings. The molecule has 1 amide bonds. The number of ether oxygens (including phenoxy) is 1. The lowest BCUT2D eigenvalue weighted by molar-refractivity contribution is -0.136. The van der Waals surface area contributed by atoms with Crippen molar-refractivity contribution in [2.24, 2.45) is 0 Å². The van der Waals surface area contributed by atoms with Gasteiger partial charge < -0.3 is 19.8 Å². The topological polar surface area (TPSA) is 87.1 Å². The molecule has 0 bridgehead atoms. The van der Waals surface area contributed by atoms with Gasteiger partial charge >= 0.3 is 5.97 Å². The van der Waals surface area contributed by atoms with Gasteiger partial charge in [0.15, 0.2) is 0 Å². The molecule has 0 atom stereocenters. The number of likely N-dealkylation sites (N-methyl/N-ethyl adjacent to an activating group) is 1. The highest BCUT2D eigenvalue weighted by Crippen LogP contribution is 2.17. The minimum Gasteiger partial charge on any atom is -0.502 e. The highest BCUT2D eigenvalue weighted by Gasteiger charge is 2.12. The molecular weight excluding hydrogens is 341 g/mol. The quantitative estimate of drug-likeness (QED) is 0.586. The predicted octanol–water partition coefficient (Wildman–Crippen LogP) is 2.89. The summed E-state index contributed by atoms with van der Waals surface area (Å²) in [5.74, 6) is -2.95. The number of hydrogen-bond donors (Lipinski definition) is 2. The van der Waals surface area contributed by atoms with Gasteiger partial charge in [-0.15, -0.1) is 0 Å². The van der Waals surface area contributed by atoms with Gasteiger partial charge in [0.2, 0.25) is 5.76 Å². The van der Waals surface area contributed by atoms with E-state index in [1.165, 1.54) is 24.1 Å². The number of aliphatic hydroxyl groups excluding tert-OH is 1. The van der Waals surface area contributed by atoms with Crippen LogP contribution in [0.3, 0.4) is 0 Å². The third kappa shape index (κ3) is 5.62. The van der Waals surface area contributed by atoms with Crippen LogP contribution in [0.2, 0.25) is 0 Å². The normalized spacial score (nSPS) is 11.1. The van der Waals surface area contributed by atoms with E-state index in [1.54, 1.807) is 36.4 Å². The Morgan fingerprint density at radius 3 is 2.46 bits per heavy atom. The van der Waals surface area contributed by atoms with Crippen LogP contribution >= 0.6 is 0 Å². The number of carboxylic acids is 1. The zero-order valence-electron chi connectivity index (χ0n) is 14.1. The van der Waals surface area contributed by atoms with Crippen LogP contribution in [0, 0.1) is 5.82 Å². The number of rotatable bonds is 7. The van der Waals surface area contributed by atoms with Gasteiger partial charge in [-0.3, -0.25) is 4.79 Å². The molecule has 0 aliphatic rings. The van der Waals surface area contributed by atoms with Gasteiger partial charge in [-0.2, -0.15) is 0 Å². The Morgan fingerprint density at radius 1 is 1.12 bits per heavy atom.